The minimum Gasteiger partial charge on any atom is -0.496 e. The predicted octanol–water partition coefficient (Wildman–Crippen LogP) is 4.27. The fourth-order valence-corrected chi connectivity index (χ4v) is 3.52. The highest BCUT2D eigenvalue weighted by molar-refractivity contribution is 7.04. The number of carbonyl (C=O) groups is 1. The second-order valence-electron chi connectivity index (χ2n) is 6.82. The number of aromatic nitrogens is 1. The maximum absolute atomic E-state index is 12.8. The van der Waals surface area contributed by atoms with Gasteiger partial charge in [-0.2, -0.15) is 4.99 Å². The van der Waals surface area contributed by atoms with Crippen molar-refractivity contribution in [1.82, 2.24) is 3.96 Å². The molecule has 0 radical (unpaired) electrons. The molecule has 146 valence electrons. The molecule has 0 aliphatic rings. The van der Waals surface area contributed by atoms with Gasteiger partial charge in [0.15, 0.2) is 0 Å². The molecule has 0 spiro atoms. The fraction of sp³-hybridized carbons (Fsp3) is 0.421. The van der Waals surface area contributed by atoms with Crippen molar-refractivity contribution in [2.75, 3.05) is 14.2 Å². The number of carbonyl (C=O) groups excluding carboxylic acids is 1. The molecule has 0 aliphatic heterocycles. The van der Waals surface area contributed by atoms with Crippen molar-refractivity contribution in [2.45, 2.75) is 39.2 Å². The molecule has 0 saturated heterocycles. The number of benzene rings is 1. The second kappa shape index (κ2) is 9.19. The first-order chi connectivity index (χ1) is 12.8. The molecular weight excluding hydrogens is 386 g/mol. The van der Waals surface area contributed by atoms with Crippen molar-refractivity contribution >= 4 is 35.3 Å². The van der Waals surface area contributed by atoms with Gasteiger partial charge in [0.1, 0.15) is 17.5 Å². The molecule has 0 saturated carbocycles. The smallest absolute Gasteiger partial charge is 0.282 e. The SMILES string of the molecule is CO/N=C/CCc1cn(C(C)(C)C)sc1=NC(=O)c1cc(Cl)ccc1OC. The Labute approximate surface area is 168 Å². The third kappa shape index (κ3) is 5.68. The number of halogens is 1. The fourth-order valence-electron chi connectivity index (χ4n) is 2.32. The van der Waals surface area contributed by atoms with Crippen LogP contribution in [-0.2, 0) is 16.8 Å². The Kier molecular flexibility index (Phi) is 7.21. The lowest BCUT2D eigenvalue weighted by molar-refractivity contribution is 0.0996. The number of amides is 1. The number of ether oxygens (including phenoxy) is 1. The van der Waals surface area contributed by atoms with Gasteiger partial charge in [-0.15, -0.1) is 0 Å². The summed E-state index contributed by atoms with van der Waals surface area (Å²) in [4.78, 5) is 21.8. The van der Waals surface area contributed by atoms with Gasteiger partial charge in [-0.1, -0.05) is 16.8 Å². The Morgan fingerprint density at radius 1 is 1.33 bits per heavy atom. The molecule has 1 heterocycles. The molecule has 0 aliphatic carbocycles. The highest BCUT2D eigenvalue weighted by Crippen LogP contribution is 2.23. The number of hydrogen-bond acceptors (Lipinski definition) is 5. The van der Waals surface area contributed by atoms with E-state index in [2.05, 4.69) is 34.9 Å². The topological polar surface area (TPSA) is 65.2 Å². The molecule has 1 aromatic heterocycles. The average molecular weight is 410 g/mol. The zero-order chi connectivity index (χ0) is 20.0. The Bertz CT molecular complexity index is 894. The molecule has 0 bridgehead atoms. The lowest BCUT2D eigenvalue weighted by Gasteiger charge is -2.19. The van der Waals surface area contributed by atoms with Crippen molar-refractivity contribution in [3.05, 3.63) is 45.2 Å². The van der Waals surface area contributed by atoms with Crippen LogP contribution in [-0.4, -0.2) is 30.3 Å². The van der Waals surface area contributed by atoms with E-state index in [4.69, 9.17) is 21.2 Å². The number of rotatable bonds is 6. The van der Waals surface area contributed by atoms with Gasteiger partial charge in [0, 0.05) is 28.5 Å². The molecule has 27 heavy (non-hydrogen) atoms. The van der Waals surface area contributed by atoms with Crippen molar-refractivity contribution in [3.8, 4) is 5.75 Å². The van der Waals surface area contributed by atoms with Crippen LogP contribution in [0.15, 0.2) is 34.5 Å². The van der Waals surface area contributed by atoms with Crippen LogP contribution >= 0.6 is 23.1 Å². The molecule has 8 heteroatoms. The number of hydrogen-bond donors (Lipinski definition) is 0. The molecule has 0 unspecified atom stereocenters. The van der Waals surface area contributed by atoms with Crippen LogP contribution in [0.2, 0.25) is 5.02 Å². The van der Waals surface area contributed by atoms with E-state index < -0.39 is 0 Å². The second-order valence-corrected chi connectivity index (χ2v) is 8.22. The first-order valence-corrected chi connectivity index (χ1v) is 9.61. The average Bonchev–Trinajstić information content (AvgIpc) is 3.01. The first-order valence-electron chi connectivity index (χ1n) is 8.46. The lowest BCUT2D eigenvalue weighted by Crippen LogP contribution is -2.18. The van der Waals surface area contributed by atoms with E-state index >= 15 is 0 Å². The van der Waals surface area contributed by atoms with Crippen molar-refractivity contribution in [3.63, 3.8) is 0 Å². The summed E-state index contributed by atoms with van der Waals surface area (Å²) in [5.74, 6) is 0.0613. The molecule has 2 rings (SSSR count). The number of methoxy groups -OCH3 is 1. The van der Waals surface area contributed by atoms with Gasteiger partial charge < -0.3 is 9.57 Å². The zero-order valence-electron chi connectivity index (χ0n) is 16.2. The van der Waals surface area contributed by atoms with E-state index in [-0.39, 0.29) is 11.4 Å². The van der Waals surface area contributed by atoms with E-state index in [9.17, 15) is 4.79 Å². The van der Waals surface area contributed by atoms with Crippen LogP contribution in [0.3, 0.4) is 0 Å². The molecule has 6 nitrogen and oxygen atoms in total. The Morgan fingerprint density at radius 3 is 2.70 bits per heavy atom. The molecule has 0 fully saturated rings. The third-order valence-corrected chi connectivity index (χ3v) is 5.32. The summed E-state index contributed by atoms with van der Waals surface area (Å²) in [5.41, 5.74) is 1.21. The third-order valence-electron chi connectivity index (χ3n) is 3.71. The van der Waals surface area contributed by atoms with Gasteiger partial charge in [0.25, 0.3) is 5.91 Å². The van der Waals surface area contributed by atoms with E-state index in [1.807, 2.05) is 6.20 Å². The number of oxime groups is 1. The van der Waals surface area contributed by atoms with Crippen molar-refractivity contribution in [1.29, 1.82) is 0 Å². The molecule has 1 aromatic carbocycles. The molecule has 0 atom stereocenters. The summed E-state index contributed by atoms with van der Waals surface area (Å²) in [7, 11) is 3.02. The predicted molar refractivity (Wildman–Crippen MR) is 109 cm³/mol. The minimum atomic E-state index is -0.385. The van der Waals surface area contributed by atoms with Crippen LogP contribution in [0.4, 0.5) is 0 Å². The van der Waals surface area contributed by atoms with Crippen LogP contribution in [0.25, 0.3) is 0 Å². The standard InChI is InChI=1S/C19H24ClN3O3S/c1-19(2,3)23-12-13(7-6-10-21-26-5)18(27-23)22-17(24)15-11-14(20)8-9-16(15)25-4/h8-12H,6-7H2,1-5H3/b21-10+,22-18?. The van der Waals surface area contributed by atoms with Gasteiger partial charge in [0.05, 0.1) is 12.7 Å². The summed E-state index contributed by atoms with van der Waals surface area (Å²) < 4.78 is 8.03. The number of aryl methyl sites for hydroxylation is 1. The van der Waals surface area contributed by atoms with E-state index in [1.54, 1.807) is 24.4 Å². The summed E-state index contributed by atoms with van der Waals surface area (Å²) in [5, 5.41) is 4.22. The van der Waals surface area contributed by atoms with E-state index in [1.165, 1.54) is 25.8 Å². The maximum Gasteiger partial charge on any atom is 0.282 e. The minimum absolute atomic E-state index is 0.107. The quantitative estimate of drug-likeness (QED) is 0.528. The zero-order valence-corrected chi connectivity index (χ0v) is 17.7. The Balaban J connectivity index is 2.45. The van der Waals surface area contributed by atoms with Gasteiger partial charge in [-0.25, -0.2) is 0 Å². The van der Waals surface area contributed by atoms with Crippen LogP contribution in [0, 0.1) is 0 Å². The summed E-state index contributed by atoms with van der Waals surface area (Å²) >= 11 is 7.49. The highest BCUT2D eigenvalue weighted by atomic mass is 35.5. The normalized spacial score (nSPS) is 12.6. The number of nitrogens with zero attached hydrogens (tertiary/aromatic N) is 3. The molecule has 0 N–H and O–H groups in total. The summed E-state index contributed by atoms with van der Waals surface area (Å²) in [6.07, 6.45) is 5.12. The Hall–Kier alpha value is -2.12. The van der Waals surface area contributed by atoms with Crippen molar-refractivity contribution in [2.24, 2.45) is 10.1 Å². The lowest BCUT2D eigenvalue weighted by atomic mass is 10.1. The molecular formula is C19H24ClN3O3S. The summed E-state index contributed by atoms with van der Waals surface area (Å²) in [6, 6.07) is 4.91. The Morgan fingerprint density at radius 2 is 2.07 bits per heavy atom. The summed E-state index contributed by atoms with van der Waals surface area (Å²) in [6.45, 7) is 6.31. The van der Waals surface area contributed by atoms with Gasteiger partial charge in [-0.05, 0) is 63.3 Å². The molecule has 2 aromatic rings. The van der Waals surface area contributed by atoms with Gasteiger partial charge in [0.2, 0.25) is 0 Å². The highest BCUT2D eigenvalue weighted by Gasteiger charge is 2.17. The van der Waals surface area contributed by atoms with Gasteiger partial charge in [-0.3, -0.25) is 8.75 Å². The van der Waals surface area contributed by atoms with E-state index in [0.29, 0.717) is 33.8 Å². The molecule has 1 amide bonds. The van der Waals surface area contributed by atoms with Crippen LogP contribution in [0.1, 0.15) is 43.1 Å². The monoisotopic (exact) mass is 409 g/mol. The largest absolute Gasteiger partial charge is 0.496 e. The van der Waals surface area contributed by atoms with Crippen molar-refractivity contribution < 1.29 is 14.4 Å². The van der Waals surface area contributed by atoms with Gasteiger partial charge >= 0.3 is 0 Å². The maximum atomic E-state index is 12.8. The van der Waals surface area contributed by atoms with Crippen LogP contribution in [0.5, 0.6) is 5.75 Å². The first kappa shape index (κ1) is 21.2. The van der Waals surface area contributed by atoms with Crippen LogP contribution < -0.4 is 9.41 Å². The van der Waals surface area contributed by atoms with E-state index in [0.717, 1.165) is 5.56 Å².